The first kappa shape index (κ1) is 14.4. The van der Waals surface area contributed by atoms with Crippen LogP contribution < -0.4 is 0 Å². The molecule has 0 aliphatic carbocycles. The van der Waals surface area contributed by atoms with Crippen LogP contribution in [0, 0.1) is 0 Å². The van der Waals surface area contributed by atoms with E-state index < -0.39 is 5.60 Å². The SMILES string of the molecule is C=C1CCOC2(CCN(C(=O)OC(C)(C)C)CC2)C1. The van der Waals surface area contributed by atoms with Gasteiger partial charge in [-0.1, -0.05) is 12.2 Å². The van der Waals surface area contributed by atoms with Gasteiger partial charge in [-0.2, -0.15) is 0 Å². The van der Waals surface area contributed by atoms with E-state index in [1.54, 1.807) is 4.90 Å². The van der Waals surface area contributed by atoms with Crippen molar-refractivity contribution in [3.8, 4) is 0 Å². The van der Waals surface area contributed by atoms with Crippen LogP contribution in [-0.2, 0) is 9.47 Å². The molecule has 0 aromatic heterocycles. The van der Waals surface area contributed by atoms with Crippen molar-refractivity contribution < 1.29 is 14.3 Å². The Balaban J connectivity index is 1.88. The van der Waals surface area contributed by atoms with Crippen LogP contribution in [0.15, 0.2) is 12.2 Å². The second-order valence-electron chi connectivity index (χ2n) is 6.68. The summed E-state index contributed by atoms with van der Waals surface area (Å²) in [6.45, 7) is 12.0. The van der Waals surface area contributed by atoms with Gasteiger partial charge in [0.1, 0.15) is 5.60 Å². The highest BCUT2D eigenvalue weighted by atomic mass is 16.6. The molecule has 0 radical (unpaired) electrons. The molecule has 2 aliphatic rings. The molecule has 0 aromatic rings. The average Bonchev–Trinajstić information content (AvgIpc) is 2.27. The number of carbonyl (C=O) groups excluding carboxylic acids is 1. The lowest BCUT2D eigenvalue weighted by molar-refractivity contribution is -0.0962. The van der Waals surface area contributed by atoms with Gasteiger partial charge in [-0.25, -0.2) is 4.79 Å². The smallest absolute Gasteiger partial charge is 0.410 e. The third-order valence-electron chi connectivity index (χ3n) is 3.76. The number of likely N-dealkylation sites (tertiary alicyclic amines) is 1. The Bertz CT molecular complexity index is 362. The highest BCUT2D eigenvalue weighted by Gasteiger charge is 2.39. The molecule has 19 heavy (non-hydrogen) atoms. The van der Waals surface area contributed by atoms with Gasteiger partial charge in [0, 0.05) is 13.1 Å². The first-order valence-corrected chi connectivity index (χ1v) is 7.08. The molecule has 2 rings (SSSR count). The Morgan fingerprint density at radius 1 is 1.37 bits per heavy atom. The van der Waals surface area contributed by atoms with Crippen molar-refractivity contribution in [1.29, 1.82) is 0 Å². The lowest BCUT2D eigenvalue weighted by Crippen LogP contribution is -2.50. The van der Waals surface area contributed by atoms with E-state index in [1.807, 2.05) is 20.8 Å². The van der Waals surface area contributed by atoms with Crippen molar-refractivity contribution in [2.24, 2.45) is 0 Å². The van der Waals surface area contributed by atoms with Crippen molar-refractivity contribution in [3.63, 3.8) is 0 Å². The molecule has 108 valence electrons. The lowest BCUT2D eigenvalue weighted by atomic mass is 9.83. The molecule has 1 spiro atoms. The molecule has 1 amide bonds. The number of piperidine rings is 1. The fraction of sp³-hybridized carbons (Fsp3) is 0.800. The third-order valence-corrected chi connectivity index (χ3v) is 3.76. The molecule has 2 fully saturated rings. The average molecular weight is 267 g/mol. The van der Waals surface area contributed by atoms with E-state index in [0.29, 0.717) is 13.1 Å². The maximum atomic E-state index is 12.0. The van der Waals surface area contributed by atoms with Crippen molar-refractivity contribution in [2.75, 3.05) is 19.7 Å². The standard InChI is InChI=1S/C15H25NO3/c1-12-5-10-18-15(11-12)6-8-16(9-7-15)13(17)19-14(2,3)4/h1,5-11H2,2-4H3. The van der Waals surface area contributed by atoms with Gasteiger partial charge in [0.05, 0.1) is 12.2 Å². The van der Waals surface area contributed by atoms with E-state index in [1.165, 1.54) is 5.57 Å². The van der Waals surface area contributed by atoms with E-state index in [-0.39, 0.29) is 11.7 Å². The highest BCUT2D eigenvalue weighted by molar-refractivity contribution is 5.68. The van der Waals surface area contributed by atoms with Crippen LogP contribution in [0.1, 0.15) is 46.5 Å². The topological polar surface area (TPSA) is 38.8 Å². The molecule has 0 atom stereocenters. The number of carbonyl (C=O) groups is 1. The van der Waals surface area contributed by atoms with Gasteiger partial charge < -0.3 is 14.4 Å². The molecule has 0 saturated carbocycles. The Morgan fingerprint density at radius 3 is 2.53 bits per heavy atom. The number of rotatable bonds is 0. The van der Waals surface area contributed by atoms with E-state index >= 15 is 0 Å². The zero-order chi connectivity index (χ0) is 14.1. The Hall–Kier alpha value is -1.03. The van der Waals surface area contributed by atoms with Gasteiger partial charge in [0.25, 0.3) is 0 Å². The van der Waals surface area contributed by atoms with Crippen molar-refractivity contribution in [3.05, 3.63) is 12.2 Å². The quantitative estimate of drug-likeness (QED) is 0.633. The van der Waals surface area contributed by atoms with Crippen LogP contribution >= 0.6 is 0 Å². The minimum absolute atomic E-state index is 0.0755. The summed E-state index contributed by atoms with van der Waals surface area (Å²) in [5.74, 6) is 0. The summed E-state index contributed by atoms with van der Waals surface area (Å²) >= 11 is 0. The maximum Gasteiger partial charge on any atom is 0.410 e. The molecule has 0 unspecified atom stereocenters. The van der Waals surface area contributed by atoms with Crippen molar-refractivity contribution in [1.82, 2.24) is 4.90 Å². The maximum absolute atomic E-state index is 12.0. The van der Waals surface area contributed by atoms with Crippen LogP contribution in [0.25, 0.3) is 0 Å². The number of amides is 1. The Kier molecular flexibility index (Phi) is 3.90. The van der Waals surface area contributed by atoms with Crippen LogP contribution in [-0.4, -0.2) is 41.9 Å². The molecule has 2 saturated heterocycles. The van der Waals surface area contributed by atoms with Gasteiger partial charge in [0.2, 0.25) is 0 Å². The van der Waals surface area contributed by atoms with Crippen LogP contribution in [0.4, 0.5) is 4.79 Å². The van der Waals surface area contributed by atoms with Gasteiger partial charge >= 0.3 is 6.09 Å². The first-order valence-electron chi connectivity index (χ1n) is 7.08. The second-order valence-corrected chi connectivity index (χ2v) is 6.68. The van der Waals surface area contributed by atoms with Gasteiger partial charge in [0.15, 0.2) is 0 Å². The predicted octanol–water partition coefficient (Wildman–Crippen LogP) is 3.12. The normalized spacial score (nSPS) is 23.5. The monoisotopic (exact) mass is 267 g/mol. The van der Waals surface area contributed by atoms with Gasteiger partial charge in [-0.3, -0.25) is 0 Å². The molecule has 2 aliphatic heterocycles. The minimum atomic E-state index is -0.429. The molecule has 2 heterocycles. The summed E-state index contributed by atoms with van der Waals surface area (Å²) in [5.41, 5.74) is 0.771. The number of ether oxygens (including phenoxy) is 2. The second kappa shape index (κ2) is 5.16. The molecule has 4 heteroatoms. The fourth-order valence-corrected chi connectivity index (χ4v) is 2.75. The Labute approximate surface area is 115 Å². The zero-order valence-electron chi connectivity index (χ0n) is 12.3. The summed E-state index contributed by atoms with van der Waals surface area (Å²) < 4.78 is 11.4. The summed E-state index contributed by atoms with van der Waals surface area (Å²) in [7, 11) is 0. The number of hydrogen-bond acceptors (Lipinski definition) is 3. The van der Waals surface area contributed by atoms with Crippen LogP contribution in [0.5, 0.6) is 0 Å². The summed E-state index contributed by atoms with van der Waals surface area (Å²) in [5, 5.41) is 0. The van der Waals surface area contributed by atoms with Gasteiger partial charge in [-0.15, -0.1) is 0 Å². The van der Waals surface area contributed by atoms with E-state index in [4.69, 9.17) is 9.47 Å². The molecule has 0 N–H and O–H groups in total. The number of hydrogen-bond donors (Lipinski definition) is 0. The van der Waals surface area contributed by atoms with Gasteiger partial charge in [-0.05, 0) is 46.5 Å². The summed E-state index contributed by atoms with van der Waals surface area (Å²) in [6, 6.07) is 0. The molecule has 4 nitrogen and oxygen atoms in total. The van der Waals surface area contributed by atoms with E-state index in [2.05, 4.69) is 6.58 Å². The van der Waals surface area contributed by atoms with Crippen LogP contribution in [0.2, 0.25) is 0 Å². The molecular weight excluding hydrogens is 242 g/mol. The molecular formula is C15H25NO3. The molecule has 0 aromatic carbocycles. The predicted molar refractivity (Wildman–Crippen MR) is 74.1 cm³/mol. The van der Waals surface area contributed by atoms with Crippen molar-refractivity contribution in [2.45, 2.75) is 57.7 Å². The van der Waals surface area contributed by atoms with E-state index in [0.717, 1.165) is 32.3 Å². The minimum Gasteiger partial charge on any atom is -0.444 e. The fourth-order valence-electron chi connectivity index (χ4n) is 2.75. The summed E-state index contributed by atoms with van der Waals surface area (Å²) in [6.07, 6.45) is 3.46. The van der Waals surface area contributed by atoms with Crippen LogP contribution in [0.3, 0.4) is 0 Å². The zero-order valence-corrected chi connectivity index (χ0v) is 12.3. The van der Waals surface area contributed by atoms with Crippen molar-refractivity contribution >= 4 is 6.09 Å². The summed E-state index contributed by atoms with van der Waals surface area (Å²) in [4.78, 5) is 13.8. The lowest BCUT2D eigenvalue weighted by Gasteiger charge is -2.44. The largest absolute Gasteiger partial charge is 0.444 e. The molecule has 0 bridgehead atoms. The Morgan fingerprint density at radius 2 is 2.00 bits per heavy atom. The highest BCUT2D eigenvalue weighted by Crippen LogP contribution is 2.36. The first-order chi connectivity index (χ1) is 8.80. The third kappa shape index (κ3) is 3.72. The van der Waals surface area contributed by atoms with E-state index in [9.17, 15) is 4.79 Å². The number of nitrogens with zero attached hydrogens (tertiary/aromatic N) is 1.